The van der Waals surface area contributed by atoms with Crippen LogP contribution >= 0.6 is 0 Å². The van der Waals surface area contributed by atoms with E-state index in [0.29, 0.717) is 0 Å². The van der Waals surface area contributed by atoms with Crippen molar-refractivity contribution in [1.29, 1.82) is 0 Å². The second-order valence-corrected chi connectivity index (χ2v) is 9.28. The van der Waals surface area contributed by atoms with Gasteiger partial charge in [0.05, 0.1) is 21.7 Å². The van der Waals surface area contributed by atoms with Crippen LogP contribution < -0.4 is 10.6 Å². The van der Waals surface area contributed by atoms with E-state index in [2.05, 4.69) is 10.6 Å². The predicted octanol–water partition coefficient (Wildman–Crippen LogP) is 2.64. The lowest BCUT2D eigenvalue weighted by Gasteiger charge is -2.17. The van der Waals surface area contributed by atoms with Gasteiger partial charge in [0.2, 0.25) is 10.0 Å². The van der Waals surface area contributed by atoms with E-state index in [1.807, 2.05) is 30.3 Å². The third-order valence-electron chi connectivity index (χ3n) is 5.08. The van der Waals surface area contributed by atoms with Crippen molar-refractivity contribution in [2.24, 2.45) is 0 Å². The molecule has 2 N–H and O–H groups in total. The van der Waals surface area contributed by atoms with E-state index in [4.69, 9.17) is 0 Å². The van der Waals surface area contributed by atoms with Gasteiger partial charge < -0.3 is 5.32 Å². The van der Waals surface area contributed by atoms with Gasteiger partial charge in [-0.2, -0.15) is 4.31 Å². The number of anilines is 1. The Balaban J connectivity index is 1.51. The fourth-order valence-corrected chi connectivity index (χ4v) is 4.56. The minimum absolute atomic E-state index is 0.0538. The molecule has 0 radical (unpaired) electrons. The summed E-state index contributed by atoms with van der Waals surface area (Å²) in [4.78, 5) is 36.5. The molecule has 3 aromatic rings. The quantitative estimate of drug-likeness (QED) is 0.562. The van der Waals surface area contributed by atoms with Crippen molar-refractivity contribution < 1.29 is 22.8 Å². The normalized spacial score (nSPS) is 13.1. The van der Waals surface area contributed by atoms with Crippen molar-refractivity contribution in [1.82, 2.24) is 9.62 Å². The molecule has 1 heterocycles. The molecular formula is C23H19N3O5S. The SMILES string of the molecule is CN(Cc1ccccc1)S(=O)(=O)c1ccc(C(=O)Nc2cccc3c2C(=O)NC3=O)cc1. The summed E-state index contributed by atoms with van der Waals surface area (Å²) in [5.74, 6) is -1.63. The van der Waals surface area contributed by atoms with Crippen molar-refractivity contribution >= 4 is 33.4 Å². The zero-order chi connectivity index (χ0) is 22.9. The maximum Gasteiger partial charge on any atom is 0.261 e. The first-order chi connectivity index (χ1) is 15.3. The number of nitrogens with zero attached hydrogens (tertiary/aromatic N) is 1. The summed E-state index contributed by atoms with van der Waals surface area (Å²) in [6, 6.07) is 19.3. The van der Waals surface area contributed by atoms with Gasteiger partial charge in [-0.15, -0.1) is 0 Å². The minimum Gasteiger partial charge on any atom is -0.321 e. The number of rotatable bonds is 6. The van der Waals surface area contributed by atoms with Crippen molar-refractivity contribution in [2.75, 3.05) is 12.4 Å². The standard InChI is InChI=1S/C23H19N3O5S/c1-26(14-15-6-3-2-4-7-15)32(30,31)17-12-10-16(11-13-17)21(27)24-19-9-5-8-18-20(19)23(29)25-22(18)28/h2-13H,14H2,1H3,(H,24,27)(H,25,28,29). The smallest absolute Gasteiger partial charge is 0.261 e. The Morgan fingerprint density at radius 2 is 1.59 bits per heavy atom. The van der Waals surface area contributed by atoms with Gasteiger partial charge in [-0.1, -0.05) is 36.4 Å². The van der Waals surface area contributed by atoms with Crippen molar-refractivity contribution in [3.05, 3.63) is 95.1 Å². The molecule has 8 nitrogen and oxygen atoms in total. The van der Waals surface area contributed by atoms with Crippen LogP contribution in [-0.4, -0.2) is 37.5 Å². The molecule has 0 unspecified atom stereocenters. The number of amides is 3. The van der Waals surface area contributed by atoms with E-state index in [9.17, 15) is 22.8 Å². The first-order valence-electron chi connectivity index (χ1n) is 9.68. The van der Waals surface area contributed by atoms with E-state index in [1.165, 1.54) is 47.8 Å². The second-order valence-electron chi connectivity index (χ2n) is 7.24. The van der Waals surface area contributed by atoms with Crippen LogP contribution in [-0.2, 0) is 16.6 Å². The Labute approximate surface area is 184 Å². The first kappa shape index (κ1) is 21.4. The Kier molecular flexibility index (Phi) is 5.60. The maximum absolute atomic E-state index is 12.9. The number of carbonyl (C=O) groups excluding carboxylic acids is 3. The van der Waals surface area contributed by atoms with E-state index >= 15 is 0 Å². The number of carbonyl (C=O) groups is 3. The molecule has 9 heteroatoms. The van der Waals surface area contributed by atoms with Crippen molar-refractivity contribution in [3.8, 4) is 0 Å². The summed E-state index contributed by atoms with van der Waals surface area (Å²) >= 11 is 0. The molecule has 0 aliphatic carbocycles. The lowest BCUT2D eigenvalue weighted by atomic mass is 10.1. The van der Waals surface area contributed by atoms with Gasteiger partial charge >= 0.3 is 0 Å². The average molecular weight is 449 g/mol. The van der Waals surface area contributed by atoms with E-state index in [1.54, 1.807) is 6.07 Å². The van der Waals surface area contributed by atoms with Crippen LogP contribution in [0.1, 0.15) is 36.6 Å². The first-order valence-corrected chi connectivity index (χ1v) is 11.1. The Morgan fingerprint density at radius 1 is 0.906 bits per heavy atom. The minimum atomic E-state index is -3.75. The van der Waals surface area contributed by atoms with Crippen LogP contribution in [0, 0.1) is 0 Å². The van der Waals surface area contributed by atoms with Crippen LogP contribution in [0.3, 0.4) is 0 Å². The molecule has 3 amide bonds. The third kappa shape index (κ3) is 4.03. The molecule has 0 saturated heterocycles. The Bertz CT molecular complexity index is 1320. The zero-order valence-electron chi connectivity index (χ0n) is 17.0. The van der Waals surface area contributed by atoms with Gasteiger partial charge in [0.15, 0.2) is 0 Å². The van der Waals surface area contributed by atoms with Gasteiger partial charge in [-0.3, -0.25) is 19.7 Å². The molecular weight excluding hydrogens is 430 g/mol. The number of nitrogens with one attached hydrogen (secondary N) is 2. The van der Waals surface area contributed by atoms with E-state index < -0.39 is 27.7 Å². The molecule has 3 aromatic carbocycles. The van der Waals surface area contributed by atoms with Crippen LogP contribution in [0.5, 0.6) is 0 Å². The van der Waals surface area contributed by atoms with Crippen LogP contribution in [0.25, 0.3) is 0 Å². The molecule has 0 aromatic heterocycles. The Hall–Kier alpha value is -3.82. The molecule has 0 bridgehead atoms. The number of hydrogen-bond donors (Lipinski definition) is 2. The summed E-state index contributed by atoms with van der Waals surface area (Å²) in [5, 5.41) is 4.80. The number of imide groups is 1. The number of benzene rings is 3. The van der Waals surface area contributed by atoms with Gasteiger partial charge in [0.1, 0.15) is 0 Å². The largest absolute Gasteiger partial charge is 0.321 e. The topological polar surface area (TPSA) is 113 Å². The summed E-state index contributed by atoms with van der Waals surface area (Å²) in [7, 11) is -2.26. The van der Waals surface area contributed by atoms with Crippen molar-refractivity contribution in [2.45, 2.75) is 11.4 Å². The molecule has 162 valence electrons. The highest BCUT2D eigenvalue weighted by Crippen LogP contribution is 2.25. The monoisotopic (exact) mass is 449 g/mol. The number of fused-ring (bicyclic) bond motifs is 1. The van der Waals surface area contributed by atoms with Gasteiger partial charge in [-0.05, 0) is 42.0 Å². The maximum atomic E-state index is 12.9. The molecule has 4 rings (SSSR count). The fourth-order valence-electron chi connectivity index (χ4n) is 3.40. The predicted molar refractivity (Wildman–Crippen MR) is 118 cm³/mol. The molecule has 0 fully saturated rings. The highest BCUT2D eigenvalue weighted by Gasteiger charge is 2.30. The van der Waals surface area contributed by atoms with Gasteiger partial charge in [0, 0.05) is 19.2 Å². The third-order valence-corrected chi connectivity index (χ3v) is 6.90. The average Bonchev–Trinajstić information content (AvgIpc) is 3.09. The van der Waals surface area contributed by atoms with E-state index in [0.717, 1.165) is 5.56 Å². The molecule has 32 heavy (non-hydrogen) atoms. The van der Waals surface area contributed by atoms with Gasteiger partial charge in [0.25, 0.3) is 17.7 Å². The number of sulfonamides is 1. The van der Waals surface area contributed by atoms with Crippen LogP contribution in [0.2, 0.25) is 0 Å². The highest BCUT2D eigenvalue weighted by atomic mass is 32.2. The van der Waals surface area contributed by atoms with Crippen LogP contribution in [0.15, 0.2) is 77.7 Å². The lowest BCUT2D eigenvalue weighted by Crippen LogP contribution is -2.26. The molecule has 0 atom stereocenters. The van der Waals surface area contributed by atoms with Crippen molar-refractivity contribution in [3.63, 3.8) is 0 Å². The Morgan fingerprint density at radius 3 is 2.28 bits per heavy atom. The molecule has 1 aliphatic rings. The fraction of sp³-hybridized carbons (Fsp3) is 0.0870. The molecule has 0 saturated carbocycles. The molecule has 1 aliphatic heterocycles. The van der Waals surface area contributed by atoms with Crippen LogP contribution in [0.4, 0.5) is 5.69 Å². The summed E-state index contributed by atoms with van der Waals surface area (Å²) < 4.78 is 26.9. The lowest BCUT2D eigenvalue weighted by molar-refractivity contribution is 0.0879. The zero-order valence-corrected chi connectivity index (χ0v) is 17.8. The van der Waals surface area contributed by atoms with E-state index in [-0.39, 0.29) is 33.8 Å². The summed E-state index contributed by atoms with van der Waals surface area (Å²) in [6.45, 7) is 0.214. The molecule has 0 spiro atoms. The second kappa shape index (κ2) is 8.37. The summed E-state index contributed by atoms with van der Waals surface area (Å²) in [6.07, 6.45) is 0. The highest BCUT2D eigenvalue weighted by molar-refractivity contribution is 7.89. The summed E-state index contributed by atoms with van der Waals surface area (Å²) in [5.41, 5.74) is 1.56. The number of hydrogen-bond acceptors (Lipinski definition) is 5. The van der Waals surface area contributed by atoms with Gasteiger partial charge in [-0.25, -0.2) is 8.42 Å².